The van der Waals surface area contributed by atoms with Gasteiger partial charge < -0.3 is 9.80 Å². The first-order valence-corrected chi connectivity index (χ1v) is 23.8. The van der Waals surface area contributed by atoms with Crippen molar-refractivity contribution < 1.29 is 0 Å². The van der Waals surface area contributed by atoms with Crippen molar-refractivity contribution in [3.8, 4) is 11.1 Å². The molecule has 2 aliphatic heterocycles. The van der Waals surface area contributed by atoms with Crippen molar-refractivity contribution in [3.05, 3.63) is 151 Å². The molecule has 0 N–H and O–H groups in total. The second-order valence-electron chi connectivity index (χ2n) is 21.8. The lowest BCUT2D eigenvalue weighted by Crippen LogP contribution is -2.61. The summed E-state index contributed by atoms with van der Waals surface area (Å²) in [5.74, 6) is 5.72. The Morgan fingerprint density at radius 1 is 0.417 bits per heavy atom. The Bertz CT molecular complexity index is 2720. The minimum atomic E-state index is 0.147. The summed E-state index contributed by atoms with van der Waals surface area (Å²) < 4.78 is 0. The molecule has 2 nitrogen and oxygen atoms in total. The molecule has 8 aliphatic carbocycles. The van der Waals surface area contributed by atoms with E-state index in [0.29, 0.717) is 16.2 Å². The number of fused-ring (bicyclic) bond motifs is 6. The van der Waals surface area contributed by atoms with E-state index in [2.05, 4.69) is 149 Å². The monoisotopic (exact) mass is 776 g/mol. The fraction of sp³-hybridized carbons (Fsp3) is 0.368. The largest absolute Gasteiger partial charge is 0.311 e. The van der Waals surface area contributed by atoms with E-state index in [1.54, 1.807) is 11.1 Å². The number of hydrogen-bond donors (Lipinski definition) is 0. The van der Waals surface area contributed by atoms with Crippen molar-refractivity contribution in [1.82, 2.24) is 0 Å². The number of para-hydroxylation sites is 2. The molecule has 7 bridgehead atoms. The van der Waals surface area contributed by atoms with Gasteiger partial charge in [0.15, 0.2) is 0 Å². The van der Waals surface area contributed by atoms with Crippen LogP contribution in [0.3, 0.4) is 0 Å². The van der Waals surface area contributed by atoms with E-state index in [1.807, 2.05) is 0 Å². The lowest BCUT2D eigenvalue weighted by atomic mass is 9.33. The maximum absolute atomic E-state index is 2.75. The van der Waals surface area contributed by atoms with Crippen molar-refractivity contribution in [2.75, 3.05) is 9.80 Å². The van der Waals surface area contributed by atoms with Crippen LogP contribution in [0.4, 0.5) is 34.1 Å². The molecule has 6 aromatic carbocycles. The summed E-state index contributed by atoms with van der Waals surface area (Å²) in [6.45, 7) is 0.147. The third-order valence-electron chi connectivity index (χ3n) is 19.0. The van der Waals surface area contributed by atoms with Gasteiger partial charge in [-0.25, -0.2) is 0 Å². The van der Waals surface area contributed by atoms with Crippen LogP contribution in [-0.4, -0.2) is 6.71 Å². The van der Waals surface area contributed by atoms with E-state index in [-0.39, 0.29) is 6.71 Å². The van der Waals surface area contributed by atoms with Crippen LogP contribution in [0.25, 0.3) is 11.1 Å². The van der Waals surface area contributed by atoms with Crippen molar-refractivity contribution in [1.29, 1.82) is 0 Å². The minimum Gasteiger partial charge on any atom is -0.311 e. The highest BCUT2D eigenvalue weighted by atomic mass is 15.2. The summed E-state index contributed by atoms with van der Waals surface area (Å²) in [5.41, 5.74) is 19.3. The van der Waals surface area contributed by atoms with Gasteiger partial charge in [-0.3, -0.25) is 0 Å². The lowest BCUT2D eigenvalue weighted by Gasteiger charge is -2.57. The zero-order chi connectivity index (χ0) is 39.0. The van der Waals surface area contributed by atoms with Crippen LogP contribution < -0.4 is 26.2 Å². The molecule has 16 rings (SSSR count). The van der Waals surface area contributed by atoms with E-state index >= 15 is 0 Å². The molecule has 0 radical (unpaired) electrons. The highest BCUT2D eigenvalue weighted by molar-refractivity contribution is 7.00. The second kappa shape index (κ2) is 11.7. The molecule has 0 amide bonds. The Morgan fingerprint density at radius 3 is 1.77 bits per heavy atom. The third kappa shape index (κ3) is 4.37. The first kappa shape index (κ1) is 33.7. The molecule has 8 saturated carbocycles. The first-order valence-electron chi connectivity index (χ1n) is 23.8. The van der Waals surface area contributed by atoms with Gasteiger partial charge >= 0.3 is 0 Å². The predicted octanol–water partition coefficient (Wildman–Crippen LogP) is 12.4. The standard InChI is InChI=1S/C57H53BN2/c1-3-9-40(10-4-1)41-25-52-54-53(26-41)60(47-18-15-42(16-19-47)55-29-36-21-37(30-55)23-38(22-36)31-55)50-14-8-7-13-48(50)58(54)49-28-43(17-20-51(49)59(52)46-11-5-2-6-12-46)56-32-39-24-44-27-45(34-56)57(44,33-39)35-56/h1-20,25-26,28,36-39,44-45H,21-24,27,29-35H2. The zero-order valence-electron chi connectivity index (χ0n) is 34.7. The van der Waals surface area contributed by atoms with Gasteiger partial charge in [-0.15, -0.1) is 0 Å². The smallest absolute Gasteiger partial charge is 0.252 e. The summed E-state index contributed by atoms with van der Waals surface area (Å²) >= 11 is 0. The van der Waals surface area contributed by atoms with Crippen LogP contribution in [0, 0.1) is 40.9 Å². The Labute approximate surface area is 356 Å². The van der Waals surface area contributed by atoms with Gasteiger partial charge in [0.2, 0.25) is 0 Å². The summed E-state index contributed by atoms with van der Waals surface area (Å²) in [5, 5.41) is 0. The molecule has 3 heteroatoms. The maximum atomic E-state index is 2.75. The van der Waals surface area contributed by atoms with Crippen LogP contribution in [0.5, 0.6) is 0 Å². The molecule has 10 aliphatic rings. The Morgan fingerprint density at radius 2 is 1.03 bits per heavy atom. The van der Waals surface area contributed by atoms with Crippen molar-refractivity contribution in [2.45, 2.75) is 87.9 Å². The first-order chi connectivity index (χ1) is 29.5. The lowest BCUT2D eigenvalue weighted by molar-refractivity contribution is -0.00518. The average Bonchev–Trinajstić information content (AvgIpc) is 3.60. The van der Waals surface area contributed by atoms with Gasteiger partial charge in [-0.2, -0.15) is 0 Å². The summed E-state index contributed by atoms with van der Waals surface area (Å²) in [6, 6.07) is 54.9. The third-order valence-corrected chi connectivity index (χ3v) is 19.0. The topological polar surface area (TPSA) is 6.48 Å². The fourth-order valence-corrected chi connectivity index (χ4v) is 17.3. The number of benzene rings is 6. The molecule has 60 heavy (non-hydrogen) atoms. The van der Waals surface area contributed by atoms with Crippen molar-refractivity contribution >= 4 is 57.2 Å². The fourth-order valence-electron chi connectivity index (χ4n) is 17.3. The Balaban J connectivity index is 0.946. The van der Waals surface area contributed by atoms with E-state index in [4.69, 9.17) is 0 Å². The molecule has 5 atom stereocenters. The van der Waals surface area contributed by atoms with E-state index < -0.39 is 0 Å². The van der Waals surface area contributed by atoms with Crippen LogP contribution in [0.2, 0.25) is 0 Å². The highest BCUT2D eigenvalue weighted by Crippen LogP contribution is 2.79. The van der Waals surface area contributed by atoms with Crippen molar-refractivity contribution in [2.24, 2.45) is 40.9 Å². The number of anilines is 6. The van der Waals surface area contributed by atoms with Crippen LogP contribution >= 0.6 is 0 Å². The zero-order valence-corrected chi connectivity index (χ0v) is 34.7. The van der Waals surface area contributed by atoms with Gasteiger partial charge in [0.05, 0.1) is 0 Å². The Hall–Kier alpha value is -5.02. The number of hydrogen-bond acceptors (Lipinski definition) is 2. The number of rotatable bonds is 5. The molecule has 0 aromatic heterocycles. The van der Waals surface area contributed by atoms with E-state index in [1.165, 1.54) is 139 Å². The second-order valence-corrected chi connectivity index (χ2v) is 21.8. The molecule has 294 valence electrons. The maximum Gasteiger partial charge on any atom is 0.252 e. The molecule has 0 saturated heterocycles. The van der Waals surface area contributed by atoms with Gasteiger partial charge in [-0.1, -0.05) is 91.0 Å². The summed E-state index contributed by atoms with van der Waals surface area (Å²) in [7, 11) is 0. The minimum absolute atomic E-state index is 0.147. The van der Waals surface area contributed by atoms with Gasteiger partial charge in [0, 0.05) is 34.1 Å². The average molecular weight is 777 g/mol. The van der Waals surface area contributed by atoms with Gasteiger partial charge in [0.25, 0.3) is 6.71 Å². The van der Waals surface area contributed by atoms with Crippen LogP contribution in [0.1, 0.15) is 88.2 Å². The van der Waals surface area contributed by atoms with Crippen molar-refractivity contribution in [3.63, 3.8) is 0 Å². The van der Waals surface area contributed by atoms with Crippen LogP contribution in [-0.2, 0) is 10.8 Å². The quantitative estimate of drug-likeness (QED) is 0.161. The van der Waals surface area contributed by atoms with E-state index in [9.17, 15) is 0 Å². The molecule has 1 spiro atoms. The molecule has 2 heterocycles. The predicted molar refractivity (Wildman–Crippen MR) is 248 cm³/mol. The molecule has 8 fully saturated rings. The normalized spacial score (nSPS) is 34.0. The summed E-state index contributed by atoms with van der Waals surface area (Å²) in [4.78, 5) is 5.27. The Kier molecular flexibility index (Phi) is 6.55. The molecule has 6 aromatic rings. The van der Waals surface area contributed by atoms with Gasteiger partial charge in [-0.05, 0) is 216 Å². The van der Waals surface area contributed by atoms with E-state index in [0.717, 1.165) is 35.5 Å². The molecular weight excluding hydrogens is 723 g/mol. The SMILES string of the molecule is c1ccc(-c2cc3c4c(c2)N(c2ccccc2)c2ccc(C56CC7CC8CC(C5)C8(C7)C6)cc2B4c2ccccc2N3c2ccc(C34CC5CC(CC(C5)C3)C4)cc2)cc1. The number of nitrogens with zero attached hydrogens (tertiary/aromatic N) is 2. The van der Waals surface area contributed by atoms with Crippen LogP contribution in [0.15, 0.2) is 140 Å². The van der Waals surface area contributed by atoms with Gasteiger partial charge in [0.1, 0.15) is 0 Å². The molecule has 5 unspecified atom stereocenters. The molecular formula is C57H53BN2. The summed E-state index contributed by atoms with van der Waals surface area (Å²) in [6.07, 6.45) is 17.4. The highest BCUT2D eigenvalue weighted by Gasteiger charge is 2.71.